The minimum atomic E-state index is -3.27. The number of hydrogen-bond donors (Lipinski definition) is 2. The van der Waals surface area contributed by atoms with Crippen LogP contribution in [-0.2, 0) is 9.84 Å². The Morgan fingerprint density at radius 1 is 1.25 bits per heavy atom. The maximum atomic E-state index is 11.6. The van der Waals surface area contributed by atoms with Gasteiger partial charge in [-0.25, -0.2) is 27.9 Å². The number of fused-ring (bicyclic) bond motifs is 1. The van der Waals surface area contributed by atoms with Crippen molar-refractivity contribution >= 4 is 32.8 Å². The lowest BCUT2D eigenvalue weighted by Gasteiger charge is -2.14. The van der Waals surface area contributed by atoms with Crippen molar-refractivity contribution in [3.63, 3.8) is 0 Å². The number of anilines is 1. The van der Waals surface area contributed by atoms with Crippen LogP contribution in [0.5, 0.6) is 0 Å². The maximum Gasteiger partial charge on any atom is 0.407 e. The SMILES string of the molecule is CS(=O)(=O)c1ccc(-n2ncc3c(NC4CCN(C(=O)O)C4)ncnc32)cc1. The van der Waals surface area contributed by atoms with E-state index in [0.29, 0.717) is 42.0 Å². The maximum absolute atomic E-state index is 11.6. The number of carboxylic acid groups (broad SMARTS) is 1. The van der Waals surface area contributed by atoms with E-state index in [1.54, 1.807) is 23.0 Å². The lowest BCUT2D eigenvalue weighted by molar-refractivity contribution is 0.155. The zero-order valence-electron chi connectivity index (χ0n) is 15.0. The minimum Gasteiger partial charge on any atom is -0.465 e. The van der Waals surface area contributed by atoms with E-state index < -0.39 is 15.9 Å². The molecule has 1 aromatic carbocycles. The lowest BCUT2D eigenvalue weighted by atomic mass is 10.2. The Morgan fingerprint density at radius 3 is 2.64 bits per heavy atom. The molecule has 1 aliphatic rings. The highest BCUT2D eigenvalue weighted by molar-refractivity contribution is 7.90. The molecule has 0 aliphatic carbocycles. The minimum absolute atomic E-state index is 0.0356. The van der Waals surface area contributed by atoms with Gasteiger partial charge in [0.15, 0.2) is 15.5 Å². The van der Waals surface area contributed by atoms with Gasteiger partial charge in [-0.1, -0.05) is 0 Å². The molecule has 2 N–H and O–H groups in total. The van der Waals surface area contributed by atoms with Gasteiger partial charge in [0, 0.05) is 25.4 Å². The summed E-state index contributed by atoms with van der Waals surface area (Å²) in [6, 6.07) is 6.35. The summed E-state index contributed by atoms with van der Waals surface area (Å²) in [4.78, 5) is 21.2. The van der Waals surface area contributed by atoms with Crippen LogP contribution in [0.4, 0.5) is 10.6 Å². The van der Waals surface area contributed by atoms with Crippen LogP contribution in [0.25, 0.3) is 16.7 Å². The van der Waals surface area contributed by atoms with E-state index in [9.17, 15) is 13.2 Å². The van der Waals surface area contributed by atoms with Gasteiger partial charge in [0.05, 0.1) is 22.2 Å². The molecule has 1 amide bonds. The fourth-order valence-corrected chi connectivity index (χ4v) is 3.86. The van der Waals surface area contributed by atoms with Crippen molar-refractivity contribution in [1.82, 2.24) is 24.6 Å². The molecule has 1 aliphatic heterocycles. The zero-order chi connectivity index (χ0) is 19.9. The van der Waals surface area contributed by atoms with Gasteiger partial charge in [-0.05, 0) is 30.7 Å². The molecule has 3 heterocycles. The fraction of sp³-hybridized carbons (Fsp3) is 0.294. The highest BCUT2D eigenvalue weighted by atomic mass is 32.2. The van der Waals surface area contributed by atoms with E-state index in [2.05, 4.69) is 20.4 Å². The Kier molecular flexibility index (Phi) is 4.38. The van der Waals surface area contributed by atoms with Crippen LogP contribution in [0.1, 0.15) is 6.42 Å². The Labute approximate surface area is 160 Å². The van der Waals surface area contributed by atoms with Gasteiger partial charge >= 0.3 is 6.09 Å². The van der Waals surface area contributed by atoms with Gasteiger partial charge < -0.3 is 15.3 Å². The molecule has 10 nitrogen and oxygen atoms in total. The number of carbonyl (C=O) groups is 1. The molecular formula is C17H18N6O4S. The normalized spacial score (nSPS) is 17.2. The first kappa shape index (κ1) is 18.2. The van der Waals surface area contributed by atoms with E-state index in [4.69, 9.17) is 5.11 Å². The smallest absolute Gasteiger partial charge is 0.407 e. The van der Waals surface area contributed by atoms with E-state index >= 15 is 0 Å². The number of aromatic nitrogens is 4. The number of benzene rings is 1. The molecule has 0 spiro atoms. The van der Waals surface area contributed by atoms with Crippen LogP contribution < -0.4 is 5.32 Å². The Balaban J connectivity index is 1.63. The van der Waals surface area contributed by atoms with Crippen LogP contribution in [0.3, 0.4) is 0 Å². The summed E-state index contributed by atoms with van der Waals surface area (Å²) in [6.45, 7) is 0.870. The Morgan fingerprint density at radius 2 is 2.00 bits per heavy atom. The van der Waals surface area contributed by atoms with Crippen molar-refractivity contribution in [3.8, 4) is 5.69 Å². The highest BCUT2D eigenvalue weighted by Gasteiger charge is 2.26. The molecular weight excluding hydrogens is 384 g/mol. The summed E-state index contributed by atoms with van der Waals surface area (Å²) in [5.41, 5.74) is 1.24. The highest BCUT2D eigenvalue weighted by Crippen LogP contribution is 2.24. The number of rotatable bonds is 4. The molecule has 3 aromatic rings. The fourth-order valence-electron chi connectivity index (χ4n) is 3.23. The summed E-state index contributed by atoms with van der Waals surface area (Å²) in [6.07, 6.45) is 3.97. The summed E-state index contributed by atoms with van der Waals surface area (Å²) >= 11 is 0. The van der Waals surface area contributed by atoms with Gasteiger partial charge in [0.2, 0.25) is 0 Å². The second kappa shape index (κ2) is 6.75. The summed E-state index contributed by atoms with van der Waals surface area (Å²) in [5, 5.41) is 17.4. The van der Waals surface area contributed by atoms with Crippen LogP contribution in [-0.4, -0.2) is 69.7 Å². The van der Waals surface area contributed by atoms with Gasteiger partial charge in [-0.3, -0.25) is 0 Å². The third-order valence-electron chi connectivity index (χ3n) is 4.67. The number of nitrogens with one attached hydrogen (secondary N) is 1. The monoisotopic (exact) mass is 402 g/mol. The predicted molar refractivity (Wildman–Crippen MR) is 101 cm³/mol. The third-order valence-corrected chi connectivity index (χ3v) is 5.80. The van der Waals surface area contributed by atoms with Crippen molar-refractivity contribution < 1.29 is 18.3 Å². The number of sulfone groups is 1. The molecule has 11 heteroatoms. The second-order valence-corrected chi connectivity index (χ2v) is 8.66. The number of amides is 1. The Hall–Kier alpha value is -3.21. The van der Waals surface area contributed by atoms with Gasteiger partial charge in [-0.15, -0.1) is 0 Å². The average molecular weight is 402 g/mol. The molecule has 1 unspecified atom stereocenters. The average Bonchev–Trinajstić information content (AvgIpc) is 3.29. The molecule has 0 bridgehead atoms. The van der Waals surface area contributed by atoms with Crippen LogP contribution in [0, 0.1) is 0 Å². The quantitative estimate of drug-likeness (QED) is 0.669. The van der Waals surface area contributed by atoms with Crippen molar-refractivity contribution in [2.45, 2.75) is 17.4 Å². The largest absolute Gasteiger partial charge is 0.465 e. The van der Waals surface area contributed by atoms with Crippen LogP contribution in [0.2, 0.25) is 0 Å². The first-order valence-corrected chi connectivity index (χ1v) is 10.5. The number of likely N-dealkylation sites (tertiary alicyclic amines) is 1. The number of hydrogen-bond acceptors (Lipinski definition) is 7. The topological polar surface area (TPSA) is 130 Å². The molecule has 2 aromatic heterocycles. The van der Waals surface area contributed by atoms with E-state index in [1.165, 1.54) is 23.4 Å². The van der Waals surface area contributed by atoms with E-state index in [0.717, 1.165) is 6.26 Å². The molecule has 1 atom stereocenters. The van der Waals surface area contributed by atoms with Crippen molar-refractivity contribution in [2.75, 3.05) is 24.7 Å². The van der Waals surface area contributed by atoms with Gasteiger partial charge in [0.25, 0.3) is 0 Å². The van der Waals surface area contributed by atoms with Crippen LogP contribution >= 0.6 is 0 Å². The van der Waals surface area contributed by atoms with Crippen LogP contribution in [0.15, 0.2) is 41.7 Å². The molecule has 0 saturated carbocycles. The van der Waals surface area contributed by atoms with E-state index in [-0.39, 0.29) is 10.9 Å². The molecule has 146 valence electrons. The van der Waals surface area contributed by atoms with Gasteiger partial charge in [0.1, 0.15) is 12.1 Å². The molecule has 0 radical (unpaired) electrons. The summed E-state index contributed by atoms with van der Waals surface area (Å²) in [7, 11) is -3.27. The van der Waals surface area contributed by atoms with Crippen molar-refractivity contribution in [2.24, 2.45) is 0 Å². The molecule has 1 saturated heterocycles. The number of nitrogens with zero attached hydrogens (tertiary/aromatic N) is 5. The first-order valence-electron chi connectivity index (χ1n) is 8.56. The molecule has 1 fully saturated rings. The Bertz CT molecular complexity index is 1140. The van der Waals surface area contributed by atoms with Crippen molar-refractivity contribution in [3.05, 3.63) is 36.8 Å². The predicted octanol–water partition coefficient (Wildman–Crippen LogP) is 1.38. The first-order chi connectivity index (χ1) is 13.3. The summed E-state index contributed by atoms with van der Waals surface area (Å²) in [5.74, 6) is 0.584. The lowest BCUT2D eigenvalue weighted by Crippen LogP contribution is -2.30. The van der Waals surface area contributed by atoms with Gasteiger partial charge in [-0.2, -0.15) is 5.10 Å². The van der Waals surface area contributed by atoms with Crippen molar-refractivity contribution in [1.29, 1.82) is 0 Å². The molecule has 4 rings (SSSR count). The summed E-state index contributed by atoms with van der Waals surface area (Å²) < 4.78 is 24.9. The van der Waals surface area contributed by atoms with E-state index in [1.807, 2.05) is 0 Å². The second-order valence-electron chi connectivity index (χ2n) is 6.64. The standard InChI is InChI=1S/C17H18N6O4S/c1-28(26,27)13-4-2-12(3-5-13)23-16-14(8-20-23)15(18-10-19-16)21-11-6-7-22(9-11)17(24)25/h2-5,8,10-11H,6-7,9H2,1H3,(H,24,25)(H,18,19,21). The zero-order valence-corrected chi connectivity index (χ0v) is 15.8. The molecule has 28 heavy (non-hydrogen) atoms. The third kappa shape index (κ3) is 3.36.